The van der Waals surface area contributed by atoms with Crippen molar-refractivity contribution in [1.29, 1.82) is 0 Å². The van der Waals surface area contributed by atoms with Gasteiger partial charge in [-0.25, -0.2) is 0 Å². The van der Waals surface area contributed by atoms with Crippen molar-refractivity contribution in [3.63, 3.8) is 0 Å². The summed E-state index contributed by atoms with van der Waals surface area (Å²) >= 11 is 0. The Morgan fingerprint density at radius 3 is 2.56 bits per heavy atom. The zero-order valence-electron chi connectivity index (χ0n) is 10.1. The van der Waals surface area contributed by atoms with Gasteiger partial charge < -0.3 is 16.4 Å². The largest absolute Gasteiger partial charge is 0.394 e. The van der Waals surface area contributed by atoms with Crippen molar-refractivity contribution in [1.82, 2.24) is 15.1 Å². The van der Waals surface area contributed by atoms with Crippen LogP contribution in [0.4, 0.5) is 11.5 Å². The third kappa shape index (κ3) is 3.15. The first-order chi connectivity index (χ1) is 7.40. The minimum Gasteiger partial charge on any atom is -0.394 e. The number of carbonyl (C=O) groups is 1. The molecule has 0 bridgehead atoms. The Hall–Kier alpha value is -1.72. The van der Waals surface area contributed by atoms with Gasteiger partial charge in [-0.1, -0.05) is 0 Å². The molecule has 0 fully saturated rings. The van der Waals surface area contributed by atoms with E-state index in [0.29, 0.717) is 11.5 Å². The second-order valence-corrected chi connectivity index (χ2v) is 4.14. The maximum atomic E-state index is 11.6. The number of hydrogen-bond acceptors (Lipinski definition) is 4. The van der Waals surface area contributed by atoms with Crippen molar-refractivity contribution in [2.45, 2.75) is 32.9 Å². The van der Waals surface area contributed by atoms with Crippen LogP contribution < -0.4 is 16.4 Å². The molecule has 0 radical (unpaired) electrons. The van der Waals surface area contributed by atoms with Crippen LogP contribution in [0.15, 0.2) is 6.20 Å². The summed E-state index contributed by atoms with van der Waals surface area (Å²) < 4.78 is 1.60. The number of nitrogen functional groups attached to an aromatic ring is 1. The van der Waals surface area contributed by atoms with E-state index in [2.05, 4.69) is 15.7 Å². The Kier molecular flexibility index (Phi) is 3.76. The number of nitrogens with two attached hydrogens (primary N) is 1. The average molecular weight is 225 g/mol. The van der Waals surface area contributed by atoms with E-state index in [1.807, 2.05) is 13.8 Å². The van der Waals surface area contributed by atoms with Gasteiger partial charge in [0.2, 0.25) is 5.91 Å². The zero-order valence-corrected chi connectivity index (χ0v) is 10.1. The van der Waals surface area contributed by atoms with E-state index in [4.69, 9.17) is 5.73 Å². The number of anilines is 2. The number of aromatic nitrogens is 2. The molecule has 6 heteroatoms. The van der Waals surface area contributed by atoms with Gasteiger partial charge in [-0.2, -0.15) is 5.10 Å². The smallest absolute Gasteiger partial charge is 0.242 e. The molecule has 0 saturated heterocycles. The van der Waals surface area contributed by atoms with Gasteiger partial charge in [-0.15, -0.1) is 0 Å². The van der Waals surface area contributed by atoms with Crippen LogP contribution in [0, 0.1) is 0 Å². The van der Waals surface area contributed by atoms with E-state index in [0.717, 1.165) is 0 Å². The summed E-state index contributed by atoms with van der Waals surface area (Å²) in [7, 11) is 1.78. The second-order valence-electron chi connectivity index (χ2n) is 4.14. The van der Waals surface area contributed by atoms with Crippen LogP contribution in [0.1, 0.15) is 20.8 Å². The molecule has 1 amide bonds. The second kappa shape index (κ2) is 4.87. The predicted molar refractivity (Wildman–Crippen MR) is 64.0 cm³/mol. The van der Waals surface area contributed by atoms with Crippen LogP contribution in [0.5, 0.6) is 0 Å². The van der Waals surface area contributed by atoms with Crippen LogP contribution in [-0.2, 0) is 11.8 Å². The first kappa shape index (κ1) is 12.4. The molecule has 16 heavy (non-hydrogen) atoms. The molecule has 1 aromatic heterocycles. The maximum absolute atomic E-state index is 11.6. The molecule has 0 spiro atoms. The van der Waals surface area contributed by atoms with E-state index in [9.17, 15) is 4.79 Å². The van der Waals surface area contributed by atoms with Crippen molar-refractivity contribution in [3.05, 3.63) is 6.20 Å². The van der Waals surface area contributed by atoms with E-state index in [1.54, 1.807) is 24.9 Å². The molecule has 1 atom stereocenters. The standard InChI is InChI=1S/C10H19N5O/c1-6(2)12-10(16)7(3)13-9-8(11)5-15(4)14-9/h5-7H,11H2,1-4H3,(H,12,16)(H,13,14). The minimum atomic E-state index is -0.361. The molecule has 1 unspecified atom stereocenters. The van der Waals surface area contributed by atoms with Gasteiger partial charge in [0.1, 0.15) is 6.04 Å². The molecule has 0 aromatic carbocycles. The Labute approximate surface area is 95.2 Å². The zero-order chi connectivity index (χ0) is 12.3. The molecule has 1 aromatic rings. The van der Waals surface area contributed by atoms with Gasteiger partial charge in [0.05, 0.1) is 5.69 Å². The van der Waals surface area contributed by atoms with E-state index in [-0.39, 0.29) is 18.0 Å². The predicted octanol–water partition coefficient (Wildman–Crippen LogP) is 0.327. The third-order valence-electron chi connectivity index (χ3n) is 2.03. The highest BCUT2D eigenvalue weighted by atomic mass is 16.2. The Morgan fingerprint density at radius 2 is 2.12 bits per heavy atom. The summed E-state index contributed by atoms with van der Waals surface area (Å²) in [4.78, 5) is 11.6. The number of rotatable bonds is 4. The highest BCUT2D eigenvalue weighted by molar-refractivity contribution is 5.84. The molecular weight excluding hydrogens is 206 g/mol. The Balaban J connectivity index is 2.60. The lowest BCUT2D eigenvalue weighted by atomic mass is 10.3. The molecule has 6 nitrogen and oxygen atoms in total. The topological polar surface area (TPSA) is 85.0 Å². The van der Waals surface area contributed by atoms with Crippen LogP contribution in [0.3, 0.4) is 0 Å². The fourth-order valence-electron chi connectivity index (χ4n) is 1.30. The molecular formula is C10H19N5O. The molecule has 0 aliphatic rings. The molecule has 0 aliphatic carbocycles. The van der Waals surface area contributed by atoms with Gasteiger partial charge >= 0.3 is 0 Å². The van der Waals surface area contributed by atoms with Gasteiger partial charge in [0.15, 0.2) is 5.82 Å². The first-order valence-electron chi connectivity index (χ1n) is 5.26. The maximum Gasteiger partial charge on any atom is 0.242 e. The van der Waals surface area contributed by atoms with Crippen molar-refractivity contribution in [2.75, 3.05) is 11.1 Å². The SMILES string of the molecule is CC(C)NC(=O)C(C)Nc1nn(C)cc1N. The van der Waals surface area contributed by atoms with Crippen molar-refractivity contribution >= 4 is 17.4 Å². The minimum absolute atomic E-state index is 0.0694. The molecule has 90 valence electrons. The van der Waals surface area contributed by atoms with Crippen LogP contribution in [-0.4, -0.2) is 27.8 Å². The van der Waals surface area contributed by atoms with Crippen LogP contribution in [0.2, 0.25) is 0 Å². The molecule has 1 heterocycles. The first-order valence-corrected chi connectivity index (χ1v) is 5.26. The molecule has 1 rings (SSSR count). The van der Waals surface area contributed by atoms with Crippen LogP contribution >= 0.6 is 0 Å². The highest BCUT2D eigenvalue weighted by Gasteiger charge is 2.15. The monoisotopic (exact) mass is 225 g/mol. The normalized spacial score (nSPS) is 12.6. The Morgan fingerprint density at radius 1 is 1.50 bits per heavy atom. The third-order valence-corrected chi connectivity index (χ3v) is 2.03. The summed E-state index contributed by atoms with van der Waals surface area (Å²) in [5, 5.41) is 9.89. The van der Waals surface area contributed by atoms with E-state index >= 15 is 0 Å². The fraction of sp³-hybridized carbons (Fsp3) is 0.600. The quantitative estimate of drug-likeness (QED) is 0.689. The molecule has 4 N–H and O–H groups in total. The van der Waals surface area contributed by atoms with Gasteiger partial charge in [-0.3, -0.25) is 9.48 Å². The summed E-state index contributed by atoms with van der Waals surface area (Å²) in [5.41, 5.74) is 6.25. The van der Waals surface area contributed by atoms with Crippen molar-refractivity contribution in [3.8, 4) is 0 Å². The van der Waals surface area contributed by atoms with E-state index < -0.39 is 0 Å². The van der Waals surface area contributed by atoms with Gasteiger partial charge in [-0.05, 0) is 20.8 Å². The Bertz CT molecular complexity index is 371. The van der Waals surface area contributed by atoms with Crippen molar-refractivity contribution in [2.24, 2.45) is 7.05 Å². The number of carbonyl (C=O) groups excluding carboxylic acids is 1. The highest BCUT2D eigenvalue weighted by Crippen LogP contribution is 2.15. The number of nitrogens with zero attached hydrogens (tertiary/aromatic N) is 2. The average Bonchev–Trinajstić information content (AvgIpc) is 2.43. The number of hydrogen-bond donors (Lipinski definition) is 3. The number of aryl methyl sites for hydroxylation is 1. The summed E-state index contributed by atoms with van der Waals surface area (Å²) in [5.74, 6) is 0.467. The summed E-state index contributed by atoms with van der Waals surface area (Å²) in [6.45, 7) is 5.60. The van der Waals surface area contributed by atoms with Gasteiger partial charge in [0.25, 0.3) is 0 Å². The lowest BCUT2D eigenvalue weighted by molar-refractivity contribution is -0.122. The van der Waals surface area contributed by atoms with Crippen LogP contribution in [0.25, 0.3) is 0 Å². The lowest BCUT2D eigenvalue weighted by Crippen LogP contribution is -2.41. The summed E-state index contributed by atoms with van der Waals surface area (Å²) in [6, 6.07) is -0.238. The molecule has 0 aliphatic heterocycles. The number of amides is 1. The molecule has 0 saturated carbocycles. The van der Waals surface area contributed by atoms with Crippen molar-refractivity contribution < 1.29 is 4.79 Å². The fourth-order valence-corrected chi connectivity index (χ4v) is 1.30. The van der Waals surface area contributed by atoms with Gasteiger partial charge in [0, 0.05) is 19.3 Å². The summed E-state index contributed by atoms with van der Waals surface area (Å²) in [6.07, 6.45) is 1.69. The lowest BCUT2D eigenvalue weighted by Gasteiger charge is -2.15. The van der Waals surface area contributed by atoms with E-state index in [1.165, 1.54) is 0 Å². The number of nitrogens with one attached hydrogen (secondary N) is 2.